The molecule has 1 N–H and O–H groups in total. The Morgan fingerprint density at radius 1 is 1.39 bits per heavy atom. The van der Waals surface area contributed by atoms with Crippen molar-refractivity contribution in [1.82, 2.24) is 5.32 Å². The van der Waals surface area contributed by atoms with Crippen LogP contribution in [0.4, 0.5) is 0 Å². The van der Waals surface area contributed by atoms with Crippen LogP contribution in [0.25, 0.3) is 0 Å². The quantitative estimate of drug-likeness (QED) is 0.868. The van der Waals surface area contributed by atoms with Gasteiger partial charge in [0.05, 0.1) is 12.0 Å². The Hall–Kier alpha value is -0.870. The van der Waals surface area contributed by atoms with E-state index in [-0.39, 0.29) is 17.9 Å². The topological polar surface area (TPSA) is 38.3 Å². The summed E-state index contributed by atoms with van der Waals surface area (Å²) >= 11 is 3.41. The summed E-state index contributed by atoms with van der Waals surface area (Å²) in [4.78, 5) is 12.0. The molecular weight excluding hydrogens is 294 g/mol. The summed E-state index contributed by atoms with van der Waals surface area (Å²) in [6.45, 7) is 3.24. The molecule has 3 nitrogen and oxygen atoms in total. The maximum absolute atomic E-state index is 12.0. The van der Waals surface area contributed by atoms with E-state index in [9.17, 15) is 4.79 Å². The summed E-state index contributed by atoms with van der Waals surface area (Å²) in [6, 6.07) is 8.23. The van der Waals surface area contributed by atoms with Gasteiger partial charge in [-0.25, -0.2) is 0 Å². The largest absolute Gasteiger partial charge is 0.378 e. The van der Waals surface area contributed by atoms with Gasteiger partial charge in [-0.2, -0.15) is 0 Å². The van der Waals surface area contributed by atoms with Gasteiger partial charge in [-0.15, -0.1) is 0 Å². The molecule has 98 valence electrons. The zero-order chi connectivity index (χ0) is 13.0. The first-order valence-electron chi connectivity index (χ1n) is 6.24. The van der Waals surface area contributed by atoms with Crippen LogP contribution >= 0.6 is 15.9 Å². The van der Waals surface area contributed by atoms with Crippen LogP contribution < -0.4 is 5.32 Å². The molecule has 1 aromatic carbocycles. The molecule has 1 aromatic rings. The number of benzene rings is 1. The third kappa shape index (κ3) is 3.33. The Morgan fingerprint density at radius 3 is 2.61 bits per heavy atom. The molecule has 1 fully saturated rings. The summed E-state index contributed by atoms with van der Waals surface area (Å²) in [6.07, 6.45) is 0.871. The van der Waals surface area contributed by atoms with Gasteiger partial charge in [0.2, 0.25) is 5.91 Å². The maximum Gasteiger partial charge on any atom is 0.226 e. The molecule has 4 heteroatoms. The van der Waals surface area contributed by atoms with Crippen LogP contribution in [-0.4, -0.2) is 18.6 Å². The summed E-state index contributed by atoms with van der Waals surface area (Å²) < 4.78 is 5.40. The predicted octanol–water partition coefficient (Wildman–Crippen LogP) is 2.62. The van der Waals surface area contributed by atoms with Crippen molar-refractivity contribution in [3.8, 4) is 0 Å². The van der Waals surface area contributed by atoms with E-state index in [1.807, 2.05) is 19.1 Å². The SMILES string of the molecule is CC1OCCC1C(=O)NCc1ccc(CBr)cc1. The number of hydrogen-bond acceptors (Lipinski definition) is 2. The van der Waals surface area contributed by atoms with E-state index in [0.29, 0.717) is 13.2 Å². The van der Waals surface area contributed by atoms with Crippen molar-refractivity contribution in [3.63, 3.8) is 0 Å². The molecule has 0 aromatic heterocycles. The Morgan fingerprint density at radius 2 is 2.06 bits per heavy atom. The average Bonchev–Trinajstić information content (AvgIpc) is 2.83. The zero-order valence-corrected chi connectivity index (χ0v) is 12.1. The van der Waals surface area contributed by atoms with Gasteiger partial charge < -0.3 is 10.1 Å². The van der Waals surface area contributed by atoms with Gasteiger partial charge in [-0.3, -0.25) is 4.79 Å². The van der Waals surface area contributed by atoms with Crippen molar-refractivity contribution in [2.45, 2.75) is 31.3 Å². The monoisotopic (exact) mass is 311 g/mol. The van der Waals surface area contributed by atoms with Gasteiger partial charge in [0.15, 0.2) is 0 Å². The highest BCUT2D eigenvalue weighted by Crippen LogP contribution is 2.20. The fraction of sp³-hybridized carbons (Fsp3) is 0.500. The Labute approximate surface area is 116 Å². The number of amides is 1. The second kappa shape index (κ2) is 6.34. The molecule has 1 amide bonds. The number of halogens is 1. The first-order valence-corrected chi connectivity index (χ1v) is 7.36. The third-order valence-corrected chi connectivity index (χ3v) is 4.00. The van der Waals surface area contributed by atoms with E-state index in [1.54, 1.807) is 0 Å². The molecule has 1 aliphatic heterocycles. The van der Waals surface area contributed by atoms with E-state index in [1.165, 1.54) is 5.56 Å². The molecule has 0 saturated carbocycles. The van der Waals surface area contributed by atoms with Gasteiger partial charge in [0.1, 0.15) is 0 Å². The molecular formula is C14H18BrNO2. The lowest BCUT2D eigenvalue weighted by Gasteiger charge is -2.14. The van der Waals surface area contributed by atoms with E-state index >= 15 is 0 Å². The maximum atomic E-state index is 12.0. The Bertz CT molecular complexity index is 405. The molecule has 2 atom stereocenters. The van der Waals surface area contributed by atoms with Gasteiger partial charge >= 0.3 is 0 Å². The molecule has 0 aliphatic carbocycles. The molecule has 0 radical (unpaired) electrons. The molecule has 1 heterocycles. The van der Waals surface area contributed by atoms with Crippen LogP contribution in [-0.2, 0) is 21.4 Å². The first kappa shape index (κ1) is 13.6. The van der Waals surface area contributed by atoms with E-state index < -0.39 is 0 Å². The van der Waals surface area contributed by atoms with Crippen molar-refractivity contribution < 1.29 is 9.53 Å². The standard InChI is InChI=1S/C14H18BrNO2/c1-10-13(6-7-18-10)14(17)16-9-12-4-2-11(8-15)3-5-12/h2-5,10,13H,6-9H2,1H3,(H,16,17). The normalized spacial score (nSPS) is 23.0. The van der Waals surface area contributed by atoms with Crippen molar-refractivity contribution in [2.24, 2.45) is 5.92 Å². The number of alkyl halides is 1. The van der Waals surface area contributed by atoms with Gasteiger partial charge in [-0.1, -0.05) is 40.2 Å². The average molecular weight is 312 g/mol. The van der Waals surface area contributed by atoms with Crippen LogP contribution in [0.3, 0.4) is 0 Å². The number of nitrogens with one attached hydrogen (secondary N) is 1. The Balaban J connectivity index is 1.85. The minimum absolute atomic E-state index is 0.00631. The van der Waals surface area contributed by atoms with E-state index in [0.717, 1.165) is 17.3 Å². The number of rotatable bonds is 4. The first-order chi connectivity index (χ1) is 8.70. The zero-order valence-electron chi connectivity index (χ0n) is 10.5. The summed E-state index contributed by atoms with van der Waals surface area (Å²) in [5, 5.41) is 3.84. The smallest absolute Gasteiger partial charge is 0.226 e. The fourth-order valence-corrected chi connectivity index (χ4v) is 2.52. The van der Waals surface area contributed by atoms with Crippen LogP contribution in [0, 0.1) is 5.92 Å². The molecule has 18 heavy (non-hydrogen) atoms. The minimum atomic E-state index is 0.00631. The minimum Gasteiger partial charge on any atom is -0.378 e. The molecule has 0 spiro atoms. The lowest BCUT2D eigenvalue weighted by Crippen LogP contribution is -2.33. The highest BCUT2D eigenvalue weighted by Gasteiger charge is 2.30. The lowest BCUT2D eigenvalue weighted by atomic mass is 10.0. The molecule has 0 bridgehead atoms. The van der Waals surface area contributed by atoms with Crippen molar-refractivity contribution >= 4 is 21.8 Å². The summed E-state index contributed by atoms with van der Waals surface area (Å²) in [5.74, 6) is 0.108. The summed E-state index contributed by atoms with van der Waals surface area (Å²) in [5.41, 5.74) is 2.36. The van der Waals surface area contributed by atoms with Gasteiger partial charge in [0.25, 0.3) is 0 Å². The van der Waals surface area contributed by atoms with Gasteiger partial charge in [0, 0.05) is 18.5 Å². The van der Waals surface area contributed by atoms with Crippen molar-refractivity contribution in [3.05, 3.63) is 35.4 Å². The summed E-state index contributed by atoms with van der Waals surface area (Å²) in [7, 11) is 0. The van der Waals surface area contributed by atoms with E-state index in [2.05, 4.69) is 33.4 Å². The highest BCUT2D eigenvalue weighted by atomic mass is 79.9. The van der Waals surface area contributed by atoms with Crippen LogP contribution in [0.2, 0.25) is 0 Å². The van der Waals surface area contributed by atoms with Crippen LogP contribution in [0.1, 0.15) is 24.5 Å². The van der Waals surface area contributed by atoms with Crippen molar-refractivity contribution in [1.29, 1.82) is 0 Å². The number of carbonyl (C=O) groups excluding carboxylic acids is 1. The predicted molar refractivity (Wildman–Crippen MR) is 74.4 cm³/mol. The number of hydrogen-bond donors (Lipinski definition) is 1. The highest BCUT2D eigenvalue weighted by molar-refractivity contribution is 9.08. The molecule has 1 saturated heterocycles. The van der Waals surface area contributed by atoms with Crippen molar-refractivity contribution in [2.75, 3.05) is 6.61 Å². The van der Waals surface area contributed by atoms with Gasteiger partial charge in [-0.05, 0) is 24.5 Å². The number of ether oxygens (including phenoxy) is 1. The van der Waals surface area contributed by atoms with E-state index in [4.69, 9.17) is 4.74 Å². The Kier molecular flexibility index (Phi) is 4.78. The molecule has 2 unspecified atom stereocenters. The van der Waals surface area contributed by atoms with Crippen LogP contribution in [0.15, 0.2) is 24.3 Å². The molecule has 2 rings (SSSR count). The number of carbonyl (C=O) groups is 1. The lowest BCUT2D eigenvalue weighted by molar-refractivity contribution is -0.126. The molecule has 1 aliphatic rings. The third-order valence-electron chi connectivity index (χ3n) is 3.36. The second-order valence-corrected chi connectivity index (χ2v) is 5.20. The second-order valence-electron chi connectivity index (χ2n) is 4.64. The van der Waals surface area contributed by atoms with Crippen LogP contribution in [0.5, 0.6) is 0 Å². The fourth-order valence-electron chi connectivity index (χ4n) is 2.14.